The van der Waals surface area contributed by atoms with Gasteiger partial charge >= 0.3 is 6.03 Å². The summed E-state index contributed by atoms with van der Waals surface area (Å²) >= 11 is 0. The number of rotatable bonds is 3. The molecule has 0 saturated heterocycles. The zero-order valence-corrected chi connectivity index (χ0v) is 15.4. The molecule has 4 N–H and O–H groups in total. The molecule has 0 unspecified atom stereocenters. The summed E-state index contributed by atoms with van der Waals surface area (Å²) in [5, 5.41) is 5.35. The lowest BCUT2D eigenvalue weighted by atomic mass is 10.00. The van der Waals surface area contributed by atoms with Crippen molar-refractivity contribution in [2.24, 2.45) is 0 Å². The van der Waals surface area contributed by atoms with E-state index in [9.17, 15) is 9.59 Å². The van der Waals surface area contributed by atoms with Gasteiger partial charge in [-0.15, -0.1) is 12.4 Å². The van der Waals surface area contributed by atoms with Crippen molar-refractivity contribution in [3.8, 4) is 0 Å². The number of hydrogen-bond donors (Lipinski definition) is 3. The quantitative estimate of drug-likeness (QED) is 0.721. The minimum absolute atomic E-state index is 0. The third-order valence-corrected chi connectivity index (χ3v) is 4.26. The first-order valence-electron chi connectivity index (χ1n) is 8.34. The second-order valence-corrected chi connectivity index (χ2v) is 6.17. The molecular formula is C19H23ClN4O2. The van der Waals surface area contributed by atoms with Gasteiger partial charge in [-0.1, -0.05) is 18.2 Å². The molecule has 0 radical (unpaired) electrons. The molecule has 0 atom stereocenters. The zero-order chi connectivity index (χ0) is 17.8. The number of carbonyl (C=O) groups excluding carboxylic acids is 2. The van der Waals surface area contributed by atoms with Gasteiger partial charge in [0.1, 0.15) is 0 Å². The van der Waals surface area contributed by atoms with Crippen molar-refractivity contribution in [1.82, 2.24) is 5.32 Å². The number of halogens is 1. The van der Waals surface area contributed by atoms with Gasteiger partial charge < -0.3 is 21.3 Å². The molecule has 0 fully saturated rings. The Kier molecular flexibility index (Phi) is 6.46. The van der Waals surface area contributed by atoms with Crippen LogP contribution in [0.5, 0.6) is 0 Å². The minimum atomic E-state index is -0.399. The average molecular weight is 375 g/mol. The monoisotopic (exact) mass is 374 g/mol. The van der Waals surface area contributed by atoms with Crippen molar-refractivity contribution in [2.75, 3.05) is 29.0 Å². The van der Waals surface area contributed by atoms with Crippen molar-refractivity contribution in [3.63, 3.8) is 0 Å². The summed E-state index contributed by atoms with van der Waals surface area (Å²) in [4.78, 5) is 26.2. The summed E-state index contributed by atoms with van der Waals surface area (Å²) in [7, 11) is 0. The van der Waals surface area contributed by atoms with Crippen LogP contribution < -0.4 is 21.3 Å². The van der Waals surface area contributed by atoms with E-state index >= 15 is 0 Å². The molecule has 1 heterocycles. The van der Waals surface area contributed by atoms with Gasteiger partial charge in [-0.05, 0) is 55.2 Å². The Hall–Kier alpha value is -2.73. The topological polar surface area (TPSA) is 87.5 Å². The largest absolute Gasteiger partial charge is 0.398 e. The molecule has 1 aliphatic heterocycles. The Morgan fingerprint density at radius 3 is 2.73 bits per heavy atom. The Morgan fingerprint density at radius 1 is 1.19 bits per heavy atom. The molecule has 0 spiro atoms. The van der Waals surface area contributed by atoms with Gasteiger partial charge in [-0.3, -0.25) is 4.79 Å². The molecule has 7 heteroatoms. The summed E-state index contributed by atoms with van der Waals surface area (Å²) in [5.74, 6) is -0.147. The number of nitrogen functional groups attached to an aromatic ring is 1. The number of aryl methyl sites for hydroxylation is 1. The Bertz CT molecular complexity index is 810. The highest BCUT2D eigenvalue weighted by atomic mass is 35.5. The second-order valence-electron chi connectivity index (χ2n) is 6.17. The van der Waals surface area contributed by atoms with Gasteiger partial charge in [0.05, 0.1) is 6.54 Å². The summed E-state index contributed by atoms with van der Waals surface area (Å²) in [6.45, 7) is 2.52. The number of carbonyl (C=O) groups is 2. The number of benzene rings is 2. The van der Waals surface area contributed by atoms with E-state index in [1.807, 2.05) is 43.3 Å². The molecule has 26 heavy (non-hydrogen) atoms. The molecule has 0 aliphatic carbocycles. The number of nitrogens with one attached hydrogen (secondary N) is 2. The number of fused-ring (bicyclic) bond motifs is 1. The number of amides is 3. The number of nitrogens with zero attached hydrogens (tertiary/aromatic N) is 1. The fourth-order valence-electron chi connectivity index (χ4n) is 3.06. The molecule has 6 nitrogen and oxygen atoms in total. The van der Waals surface area contributed by atoms with Crippen LogP contribution in [0, 0.1) is 6.92 Å². The molecule has 0 aromatic heterocycles. The molecular weight excluding hydrogens is 352 g/mol. The lowest BCUT2D eigenvalue weighted by Gasteiger charge is -2.30. The van der Waals surface area contributed by atoms with Crippen molar-refractivity contribution in [2.45, 2.75) is 19.8 Å². The van der Waals surface area contributed by atoms with Crippen LogP contribution in [-0.2, 0) is 11.2 Å². The van der Waals surface area contributed by atoms with E-state index < -0.39 is 6.03 Å². The Labute approximate surface area is 159 Å². The van der Waals surface area contributed by atoms with Crippen LogP contribution in [0.15, 0.2) is 42.5 Å². The highest BCUT2D eigenvalue weighted by Crippen LogP contribution is 2.31. The molecule has 0 bridgehead atoms. The van der Waals surface area contributed by atoms with Crippen LogP contribution in [-0.4, -0.2) is 25.0 Å². The number of anilines is 3. The van der Waals surface area contributed by atoms with Crippen LogP contribution in [0.4, 0.5) is 21.9 Å². The number of hydrogen-bond acceptors (Lipinski definition) is 3. The maximum absolute atomic E-state index is 12.5. The molecule has 138 valence electrons. The van der Waals surface area contributed by atoms with Crippen molar-refractivity contribution < 1.29 is 9.59 Å². The summed E-state index contributed by atoms with van der Waals surface area (Å²) in [6, 6.07) is 12.7. The van der Waals surface area contributed by atoms with E-state index in [2.05, 4.69) is 10.6 Å². The molecule has 3 rings (SSSR count). The Balaban J connectivity index is 0.00000243. The van der Waals surface area contributed by atoms with Gasteiger partial charge in [0.15, 0.2) is 0 Å². The third kappa shape index (κ3) is 4.46. The summed E-state index contributed by atoms with van der Waals surface area (Å²) < 4.78 is 0. The van der Waals surface area contributed by atoms with Gasteiger partial charge in [-0.25, -0.2) is 4.79 Å². The van der Waals surface area contributed by atoms with Crippen LogP contribution in [0.2, 0.25) is 0 Å². The van der Waals surface area contributed by atoms with E-state index in [1.165, 1.54) is 0 Å². The van der Waals surface area contributed by atoms with Crippen molar-refractivity contribution in [3.05, 3.63) is 53.6 Å². The van der Waals surface area contributed by atoms with Crippen LogP contribution in [0.25, 0.3) is 0 Å². The zero-order valence-electron chi connectivity index (χ0n) is 14.6. The van der Waals surface area contributed by atoms with Gasteiger partial charge in [0.25, 0.3) is 0 Å². The first-order chi connectivity index (χ1) is 12.0. The average Bonchev–Trinajstić information content (AvgIpc) is 2.60. The smallest absolute Gasteiger partial charge is 0.319 e. The molecule has 0 saturated carbocycles. The lowest BCUT2D eigenvalue weighted by Crippen LogP contribution is -2.43. The van der Waals surface area contributed by atoms with Crippen LogP contribution in [0.1, 0.15) is 17.5 Å². The predicted molar refractivity (Wildman–Crippen MR) is 107 cm³/mol. The summed E-state index contributed by atoms with van der Waals surface area (Å²) in [5.41, 5.74) is 10.3. The van der Waals surface area contributed by atoms with Crippen molar-refractivity contribution in [1.29, 1.82) is 0 Å². The molecule has 2 aromatic rings. The van der Waals surface area contributed by atoms with Gasteiger partial charge in [-0.2, -0.15) is 0 Å². The maximum atomic E-state index is 12.5. The fraction of sp³-hybridized carbons (Fsp3) is 0.263. The summed E-state index contributed by atoms with van der Waals surface area (Å²) in [6.07, 6.45) is 1.73. The van der Waals surface area contributed by atoms with E-state index in [1.54, 1.807) is 11.0 Å². The standard InChI is InChI=1S/C19H22N4O2.ClH/c1-13-5-2-6-14(11-13)22-19(25)21-12-18(24)23-10-4-7-15-16(20)8-3-9-17(15)23;/h2-3,5-6,8-9,11H,4,7,10,12,20H2,1H3,(H2,21,22,25);1H. The Morgan fingerprint density at radius 2 is 1.96 bits per heavy atom. The highest BCUT2D eigenvalue weighted by Gasteiger charge is 2.23. The second kappa shape index (κ2) is 8.58. The third-order valence-electron chi connectivity index (χ3n) is 4.26. The lowest BCUT2D eigenvalue weighted by molar-refractivity contribution is -0.117. The predicted octanol–water partition coefficient (Wildman–Crippen LogP) is 3.10. The number of nitrogens with two attached hydrogens (primary N) is 1. The SMILES string of the molecule is Cc1cccc(NC(=O)NCC(=O)N2CCCc3c(N)cccc32)c1.Cl. The van der Waals surface area contributed by atoms with E-state index in [-0.39, 0.29) is 24.9 Å². The van der Waals surface area contributed by atoms with E-state index in [0.29, 0.717) is 17.9 Å². The van der Waals surface area contributed by atoms with Gasteiger partial charge in [0.2, 0.25) is 5.91 Å². The normalized spacial score (nSPS) is 12.6. The first-order valence-corrected chi connectivity index (χ1v) is 8.34. The number of urea groups is 1. The van der Waals surface area contributed by atoms with Crippen LogP contribution >= 0.6 is 12.4 Å². The maximum Gasteiger partial charge on any atom is 0.319 e. The van der Waals surface area contributed by atoms with Gasteiger partial charge in [0, 0.05) is 23.6 Å². The van der Waals surface area contributed by atoms with E-state index in [0.717, 1.165) is 29.7 Å². The van der Waals surface area contributed by atoms with E-state index in [4.69, 9.17) is 5.73 Å². The van der Waals surface area contributed by atoms with Crippen molar-refractivity contribution >= 4 is 41.4 Å². The molecule has 3 amide bonds. The minimum Gasteiger partial charge on any atom is -0.398 e. The fourth-order valence-corrected chi connectivity index (χ4v) is 3.06. The molecule has 2 aromatic carbocycles. The molecule has 1 aliphatic rings. The highest BCUT2D eigenvalue weighted by molar-refractivity contribution is 5.99. The van der Waals surface area contributed by atoms with Crippen LogP contribution in [0.3, 0.4) is 0 Å². The first kappa shape index (κ1) is 19.6.